The van der Waals surface area contributed by atoms with E-state index in [2.05, 4.69) is 0 Å². The maximum atomic E-state index is 8.76. The second-order valence-corrected chi connectivity index (χ2v) is 4.90. The third-order valence-corrected chi connectivity index (χ3v) is 4.12. The number of nitriles is 2. The molecular formula is C10H4N2O2S2. The zero-order chi connectivity index (χ0) is 11.4. The smallest absolute Gasteiger partial charge is 0.109 e. The molecule has 6 heteroatoms. The molecule has 0 spiro atoms. The van der Waals surface area contributed by atoms with E-state index in [-0.39, 0.29) is 0 Å². The molecule has 0 aromatic carbocycles. The lowest BCUT2D eigenvalue weighted by atomic mass is 10.4. The molecule has 2 aromatic heterocycles. The Labute approximate surface area is 99.2 Å². The van der Waals surface area contributed by atoms with Gasteiger partial charge in [-0.3, -0.25) is 0 Å². The summed E-state index contributed by atoms with van der Waals surface area (Å²) in [5.41, 5.74) is 0.971. The first-order chi connectivity index (χ1) is 7.85. The Morgan fingerprint density at radius 2 is 1.25 bits per heavy atom. The zero-order valence-electron chi connectivity index (χ0n) is 7.84. The molecule has 0 saturated heterocycles. The van der Waals surface area contributed by atoms with Crippen molar-refractivity contribution in [2.75, 3.05) is 0 Å². The van der Waals surface area contributed by atoms with Gasteiger partial charge in [0.15, 0.2) is 0 Å². The lowest BCUT2D eigenvalue weighted by molar-refractivity contribution is 0.561. The van der Waals surface area contributed by atoms with Crippen molar-refractivity contribution >= 4 is 21.6 Å². The van der Waals surface area contributed by atoms with E-state index < -0.39 is 0 Å². The summed E-state index contributed by atoms with van der Waals surface area (Å²) in [7, 11) is 2.71. The average Bonchev–Trinajstić information content (AvgIpc) is 2.94. The molecule has 0 bridgehead atoms. The third-order valence-electron chi connectivity index (χ3n) is 1.71. The monoisotopic (exact) mass is 248 g/mol. The van der Waals surface area contributed by atoms with Crippen LogP contribution in [0.25, 0.3) is 0 Å². The van der Waals surface area contributed by atoms with Crippen LogP contribution in [0, 0.1) is 22.7 Å². The minimum Gasteiger partial charge on any atom is -0.470 e. The van der Waals surface area contributed by atoms with Gasteiger partial charge in [0.05, 0.1) is 9.79 Å². The fourth-order valence-electron chi connectivity index (χ4n) is 0.953. The predicted molar refractivity (Wildman–Crippen MR) is 58.6 cm³/mol. The van der Waals surface area contributed by atoms with Crippen molar-refractivity contribution in [1.29, 1.82) is 10.5 Å². The molecule has 16 heavy (non-hydrogen) atoms. The maximum Gasteiger partial charge on any atom is 0.109 e. The van der Waals surface area contributed by atoms with Crippen molar-refractivity contribution in [1.82, 2.24) is 0 Å². The first-order valence-corrected chi connectivity index (χ1v) is 6.27. The van der Waals surface area contributed by atoms with Crippen LogP contribution in [0.1, 0.15) is 11.1 Å². The molecule has 0 saturated carbocycles. The van der Waals surface area contributed by atoms with E-state index in [1.54, 1.807) is 0 Å². The topological polar surface area (TPSA) is 73.9 Å². The van der Waals surface area contributed by atoms with Gasteiger partial charge in [-0.25, -0.2) is 0 Å². The first-order valence-electron chi connectivity index (χ1n) is 4.12. The van der Waals surface area contributed by atoms with Crippen molar-refractivity contribution in [3.63, 3.8) is 0 Å². The predicted octanol–water partition coefficient (Wildman–Crippen LogP) is 3.42. The summed E-state index contributed by atoms with van der Waals surface area (Å²) in [6, 6.07) is 4.04. The highest BCUT2D eigenvalue weighted by Crippen LogP contribution is 2.40. The molecule has 0 aliphatic heterocycles. The summed E-state index contributed by atoms with van der Waals surface area (Å²) < 4.78 is 9.84. The van der Waals surface area contributed by atoms with Crippen LogP contribution < -0.4 is 0 Å². The van der Waals surface area contributed by atoms with Gasteiger partial charge in [0.2, 0.25) is 0 Å². The van der Waals surface area contributed by atoms with Crippen molar-refractivity contribution in [2.45, 2.75) is 9.79 Å². The molecule has 0 amide bonds. The van der Waals surface area contributed by atoms with Crippen LogP contribution in [0.2, 0.25) is 0 Å². The fourth-order valence-corrected chi connectivity index (χ4v) is 3.00. The van der Waals surface area contributed by atoms with Crippen molar-refractivity contribution in [2.24, 2.45) is 0 Å². The van der Waals surface area contributed by atoms with E-state index >= 15 is 0 Å². The normalized spacial score (nSPS) is 9.62. The number of hydrogen-bond donors (Lipinski definition) is 0. The van der Waals surface area contributed by atoms with Gasteiger partial charge in [0.25, 0.3) is 0 Å². The molecule has 2 heterocycles. The van der Waals surface area contributed by atoms with E-state index in [9.17, 15) is 0 Å². The van der Waals surface area contributed by atoms with Gasteiger partial charge in [-0.15, -0.1) is 0 Å². The van der Waals surface area contributed by atoms with Gasteiger partial charge >= 0.3 is 0 Å². The van der Waals surface area contributed by atoms with Crippen LogP contribution in [0.3, 0.4) is 0 Å². The summed E-state index contributed by atoms with van der Waals surface area (Å²) in [6.45, 7) is 0. The highest BCUT2D eigenvalue weighted by molar-refractivity contribution is 8.76. The summed E-state index contributed by atoms with van der Waals surface area (Å²) in [5.74, 6) is 0. The molecule has 0 aliphatic carbocycles. The average molecular weight is 248 g/mol. The van der Waals surface area contributed by atoms with Gasteiger partial charge in [-0.05, 0) is 21.6 Å². The van der Waals surface area contributed by atoms with Crippen molar-refractivity contribution < 1.29 is 8.83 Å². The quantitative estimate of drug-likeness (QED) is 0.775. The molecule has 0 N–H and O–H groups in total. The number of hydrogen-bond acceptors (Lipinski definition) is 6. The Morgan fingerprint density at radius 3 is 1.62 bits per heavy atom. The van der Waals surface area contributed by atoms with Gasteiger partial charge in [0, 0.05) is 0 Å². The highest BCUT2D eigenvalue weighted by atomic mass is 33.1. The van der Waals surface area contributed by atoms with Crippen molar-refractivity contribution in [3.8, 4) is 12.1 Å². The van der Waals surface area contributed by atoms with Crippen LogP contribution in [0.4, 0.5) is 0 Å². The molecule has 0 aliphatic rings. The largest absolute Gasteiger partial charge is 0.470 e. The van der Waals surface area contributed by atoms with Gasteiger partial charge in [-0.2, -0.15) is 10.5 Å². The Bertz CT molecular complexity index is 522. The summed E-state index contributed by atoms with van der Waals surface area (Å²) in [4.78, 5) is 1.47. The van der Waals surface area contributed by atoms with E-state index in [1.165, 1.54) is 46.6 Å². The van der Waals surface area contributed by atoms with Crippen LogP contribution in [-0.2, 0) is 0 Å². The first kappa shape index (κ1) is 10.7. The maximum absolute atomic E-state index is 8.76. The summed E-state index contributed by atoms with van der Waals surface area (Å²) in [5, 5.41) is 17.5. The van der Waals surface area contributed by atoms with E-state index in [4.69, 9.17) is 19.4 Å². The lowest BCUT2D eigenvalue weighted by Gasteiger charge is -1.94. The third kappa shape index (κ3) is 2.08. The van der Waals surface area contributed by atoms with Crippen LogP contribution in [0.5, 0.6) is 0 Å². The lowest BCUT2D eigenvalue weighted by Crippen LogP contribution is -1.71. The molecule has 2 aromatic rings. The van der Waals surface area contributed by atoms with Crippen LogP contribution in [-0.4, -0.2) is 0 Å². The molecule has 2 rings (SSSR count). The number of rotatable bonds is 3. The minimum absolute atomic E-state index is 0.486. The molecule has 4 nitrogen and oxygen atoms in total. The molecule has 78 valence electrons. The Kier molecular flexibility index (Phi) is 3.25. The highest BCUT2D eigenvalue weighted by Gasteiger charge is 2.10. The van der Waals surface area contributed by atoms with Crippen molar-refractivity contribution in [3.05, 3.63) is 36.2 Å². The van der Waals surface area contributed by atoms with E-state index in [0.717, 1.165) is 9.79 Å². The summed E-state index contributed by atoms with van der Waals surface area (Å²) in [6.07, 6.45) is 5.79. The van der Waals surface area contributed by atoms with Gasteiger partial charge in [-0.1, -0.05) is 0 Å². The standard InChI is InChI=1S/C10H4N2O2S2/c11-1-7-3-13-5-9(7)15-16-10-6-14-4-8(10)2-12/h3-6H. The number of furan rings is 2. The molecule has 0 atom stereocenters. The van der Waals surface area contributed by atoms with Crippen LogP contribution in [0.15, 0.2) is 43.7 Å². The molecular weight excluding hydrogens is 244 g/mol. The SMILES string of the molecule is N#Cc1cocc1SSc1cocc1C#N. The second kappa shape index (κ2) is 4.84. The van der Waals surface area contributed by atoms with E-state index in [0.29, 0.717) is 11.1 Å². The molecule has 0 radical (unpaired) electrons. The zero-order valence-corrected chi connectivity index (χ0v) is 9.47. The second-order valence-electron chi connectivity index (χ2n) is 2.69. The van der Waals surface area contributed by atoms with Gasteiger partial charge in [0.1, 0.15) is 48.3 Å². The Hall–Kier alpha value is -1.76. The minimum atomic E-state index is 0.486. The summed E-state index contributed by atoms with van der Waals surface area (Å²) >= 11 is 0. The Morgan fingerprint density at radius 1 is 0.812 bits per heavy atom. The number of nitrogens with zero attached hydrogens (tertiary/aromatic N) is 2. The molecule has 0 unspecified atom stereocenters. The van der Waals surface area contributed by atoms with Gasteiger partial charge < -0.3 is 8.83 Å². The Balaban J connectivity index is 2.09. The van der Waals surface area contributed by atoms with Crippen LogP contribution >= 0.6 is 21.6 Å². The fraction of sp³-hybridized carbons (Fsp3) is 0. The molecule has 0 fully saturated rings. The van der Waals surface area contributed by atoms with E-state index in [1.807, 2.05) is 12.1 Å².